The van der Waals surface area contributed by atoms with Crippen molar-refractivity contribution < 1.29 is 0 Å². The van der Waals surface area contributed by atoms with Crippen molar-refractivity contribution >= 4 is 10.9 Å². The molecule has 74 valence electrons. The second-order valence-electron chi connectivity index (χ2n) is 3.45. The molecule has 3 heteroatoms. The van der Waals surface area contributed by atoms with E-state index in [9.17, 15) is 0 Å². The van der Waals surface area contributed by atoms with Gasteiger partial charge in [0.25, 0.3) is 0 Å². The van der Waals surface area contributed by atoms with Gasteiger partial charge in [-0.1, -0.05) is 19.1 Å². The van der Waals surface area contributed by atoms with Crippen molar-refractivity contribution in [3.8, 4) is 0 Å². The number of benzene rings is 1. The molecule has 0 aliphatic rings. The Bertz CT molecular complexity index is 431. The Morgan fingerprint density at radius 2 is 2.29 bits per heavy atom. The van der Waals surface area contributed by atoms with E-state index < -0.39 is 0 Å². The Morgan fingerprint density at radius 1 is 1.43 bits per heavy atom. The molecule has 1 heterocycles. The molecule has 2 rings (SSSR count). The number of aromatic amines is 1. The Morgan fingerprint density at radius 3 is 3.00 bits per heavy atom. The summed E-state index contributed by atoms with van der Waals surface area (Å²) in [6, 6.07) is 6.37. The molecule has 2 aromatic rings. The molecule has 0 unspecified atom stereocenters. The van der Waals surface area contributed by atoms with Crippen LogP contribution in [0.3, 0.4) is 0 Å². The third kappa shape index (κ3) is 1.51. The number of nitrogens with one attached hydrogen (secondary N) is 1. The van der Waals surface area contributed by atoms with Gasteiger partial charge >= 0.3 is 0 Å². The molecule has 1 aromatic carbocycles. The van der Waals surface area contributed by atoms with E-state index in [1.807, 2.05) is 0 Å². The van der Waals surface area contributed by atoms with Gasteiger partial charge in [0.05, 0.1) is 5.52 Å². The summed E-state index contributed by atoms with van der Waals surface area (Å²) >= 11 is 0. The van der Waals surface area contributed by atoms with Crippen LogP contribution in [-0.4, -0.2) is 16.7 Å². The number of aromatic nitrogens is 2. The first-order valence-corrected chi connectivity index (χ1v) is 5.01. The van der Waals surface area contributed by atoms with Crippen LogP contribution in [-0.2, 0) is 12.8 Å². The molecular formula is C11H15N3. The predicted octanol–water partition coefficient (Wildman–Crippen LogP) is 1.63. The third-order valence-electron chi connectivity index (χ3n) is 2.49. The third-order valence-corrected chi connectivity index (χ3v) is 2.49. The molecule has 0 aliphatic heterocycles. The van der Waals surface area contributed by atoms with Gasteiger partial charge in [0.2, 0.25) is 0 Å². The number of aryl methyl sites for hydroxylation is 1. The van der Waals surface area contributed by atoms with E-state index in [-0.39, 0.29) is 0 Å². The summed E-state index contributed by atoms with van der Waals surface area (Å²) in [7, 11) is 0. The SMILES string of the molecule is CCc1[nH]nc2cc(CCN)ccc12. The molecule has 0 atom stereocenters. The molecule has 0 bridgehead atoms. The number of H-pyrrole nitrogens is 1. The minimum atomic E-state index is 0.691. The number of nitrogens with two attached hydrogens (primary N) is 1. The topological polar surface area (TPSA) is 54.7 Å². The van der Waals surface area contributed by atoms with E-state index in [0.717, 1.165) is 18.4 Å². The van der Waals surface area contributed by atoms with E-state index in [2.05, 4.69) is 35.3 Å². The van der Waals surface area contributed by atoms with Gasteiger partial charge in [-0.05, 0) is 31.0 Å². The van der Waals surface area contributed by atoms with Crippen LogP contribution < -0.4 is 5.73 Å². The maximum Gasteiger partial charge on any atom is 0.0926 e. The lowest BCUT2D eigenvalue weighted by Gasteiger charge is -1.98. The fourth-order valence-corrected chi connectivity index (χ4v) is 1.70. The number of hydrogen-bond acceptors (Lipinski definition) is 2. The predicted molar refractivity (Wildman–Crippen MR) is 58.2 cm³/mol. The minimum Gasteiger partial charge on any atom is -0.330 e. The maximum atomic E-state index is 5.51. The van der Waals surface area contributed by atoms with E-state index in [4.69, 9.17) is 5.73 Å². The largest absolute Gasteiger partial charge is 0.330 e. The Balaban J connectivity index is 2.46. The average Bonchev–Trinajstić information content (AvgIpc) is 2.60. The quantitative estimate of drug-likeness (QED) is 0.771. The molecule has 0 radical (unpaired) electrons. The van der Waals surface area contributed by atoms with Crippen LogP contribution in [0.4, 0.5) is 0 Å². The van der Waals surface area contributed by atoms with Gasteiger partial charge < -0.3 is 5.73 Å². The van der Waals surface area contributed by atoms with Gasteiger partial charge in [-0.25, -0.2) is 0 Å². The van der Waals surface area contributed by atoms with Crippen molar-refractivity contribution in [3.63, 3.8) is 0 Å². The van der Waals surface area contributed by atoms with E-state index in [1.54, 1.807) is 0 Å². The summed E-state index contributed by atoms with van der Waals surface area (Å²) in [5.74, 6) is 0. The first-order chi connectivity index (χ1) is 6.85. The summed E-state index contributed by atoms with van der Waals surface area (Å²) in [5, 5.41) is 8.55. The van der Waals surface area contributed by atoms with Crippen LogP contribution in [0, 0.1) is 0 Å². The smallest absolute Gasteiger partial charge is 0.0926 e. The molecule has 0 spiro atoms. The van der Waals surface area contributed by atoms with Crippen LogP contribution in [0.5, 0.6) is 0 Å². The fraction of sp³-hybridized carbons (Fsp3) is 0.364. The highest BCUT2D eigenvalue weighted by Gasteiger charge is 2.03. The van der Waals surface area contributed by atoms with Crippen molar-refractivity contribution in [2.75, 3.05) is 6.54 Å². The van der Waals surface area contributed by atoms with Crippen molar-refractivity contribution in [1.82, 2.24) is 10.2 Å². The summed E-state index contributed by atoms with van der Waals surface area (Å²) < 4.78 is 0. The molecule has 0 aliphatic carbocycles. The van der Waals surface area contributed by atoms with E-state index >= 15 is 0 Å². The van der Waals surface area contributed by atoms with Crippen molar-refractivity contribution in [2.24, 2.45) is 5.73 Å². The lowest BCUT2D eigenvalue weighted by atomic mass is 10.1. The van der Waals surface area contributed by atoms with E-state index in [1.165, 1.54) is 16.6 Å². The molecular weight excluding hydrogens is 174 g/mol. The lowest BCUT2D eigenvalue weighted by molar-refractivity contribution is 0.969. The number of fused-ring (bicyclic) bond motifs is 1. The zero-order valence-corrected chi connectivity index (χ0v) is 8.38. The maximum absolute atomic E-state index is 5.51. The van der Waals surface area contributed by atoms with Gasteiger partial charge in [0.15, 0.2) is 0 Å². The van der Waals surface area contributed by atoms with Gasteiger partial charge in [-0.2, -0.15) is 5.10 Å². The lowest BCUT2D eigenvalue weighted by Crippen LogP contribution is -2.02. The Hall–Kier alpha value is -1.35. The molecule has 0 saturated heterocycles. The normalized spacial score (nSPS) is 11.0. The van der Waals surface area contributed by atoms with Crippen LogP contribution in [0.1, 0.15) is 18.2 Å². The highest BCUT2D eigenvalue weighted by molar-refractivity contribution is 5.81. The molecule has 14 heavy (non-hydrogen) atoms. The van der Waals surface area contributed by atoms with Crippen LogP contribution >= 0.6 is 0 Å². The number of hydrogen-bond donors (Lipinski definition) is 2. The van der Waals surface area contributed by atoms with Gasteiger partial charge in [-0.15, -0.1) is 0 Å². The zero-order chi connectivity index (χ0) is 9.97. The van der Waals surface area contributed by atoms with Crippen LogP contribution in [0.15, 0.2) is 18.2 Å². The van der Waals surface area contributed by atoms with Gasteiger partial charge in [0, 0.05) is 11.1 Å². The summed E-state index contributed by atoms with van der Waals surface area (Å²) in [6.45, 7) is 2.82. The second-order valence-corrected chi connectivity index (χ2v) is 3.45. The Labute approximate surface area is 83.3 Å². The summed E-state index contributed by atoms with van der Waals surface area (Å²) in [6.07, 6.45) is 1.91. The van der Waals surface area contributed by atoms with Crippen molar-refractivity contribution in [3.05, 3.63) is 29.5 Å². The monoisotopic (exact) mass is 189 g/mol. The highest BCUT2D eigenvalue weighted by Crippen LogP contribution is 2.17. The minimum absolute atomic E-state index is 0.691. The fourth-order valence-electron chi connectivity index (χ4n) is 1.70. The van der Waals surface area contributed by atoms with Gasteiger partial charge in [0.1, 0.15) is 0 Å². The van der Waals surface area contributed by atoms with Crippen LogP contribution in [0.25, 0.3) is 10.9 Å². The molecule has 3 nitrogen and oxygen atoms in total. The van der Waals surface area contributed by atoms with Gasteiger partial charge in [-0.3, -0.25) is 5.10 Å². The van der Waals surface area contributed by atoms with Crippen LogP contribution in [0.2, 0.25) is 0 Å². The molecule has 0 amide bonds. The first-order valence-electron chi connectivity index (χ1n) is 5.01. The average molecular weight is 189 g/mol. The molecule has 3 N–H and O–H groups in total. The highest BCUT2D eigenvalue weighted by atomic mass is 15.1. The van der Waals surface area contributed by atoms with E-state index in [0.29, 0.717) is 6.54 Å². The second kappa shape index (κ2) is 3.80. The standard InChI is InChI=1S/C11H15N3/c1-2-10-9-4-3-8(5-6-12)7-11(9)14-13-10/h3-4,7H,2,5-6,12H2,1H3,(H,13,14). The molecule has 1 aromatic heterocycles. The molecule has 0 saturated carbocycles. The number of rotatable bonds is 3. The summed E-state index contributed by atoms with van der Waals surface area (Å²) in [5.41, 5.74) is 9.02. The summed E-state index contributed by atoms with van der Waals surface area (Å²) in [4.78, 5) is 0. The molecule has 0 fully saturated rings. The number of nitrogens with zero attached hydrogens (tertiary/aromatic N) is 1. The van der Waals surface area contributed by atoms with Crippen molar-refractivity contribution in [2.45, 2.75) is 19.8 Å². The first kappa shape index (κ1) is 9.21. The van der Waals surface area contributed by atoms with Crippen molar-refractivity contribution in [1.29, 1.82) is 0 Å². The Kier molecular flexibility index (Phi) is 2.50. The zero-order valence-electron chi connectivity index (χ0n) is 8.38.